The summed E-state index contributed by atoms with van der Waals surface area (Å²) >= 11 is 6.30. The van der Waals surface area contributed by atoms with Gasteiger partial charge in [-0.15, -0.1) is 0 Å². The number of methoxy groups -OCH3 is 1. The van der Waals surface area contributed by atoms with Crippen molar-refractivity contribution >= 4 is 17.4 Å². The number of carbonyl (C=O) groups is 1. The lowest BCUT2D eigenvalue weighted by atomic mass is 9.98. The number of ketones is 1. The Labute approximate surface area is 138 Å². The monoisotopic (exact) mass is 324 g/mol. The Bertz CT molecular complexity index is 552. The summed E-state index contributed by atoms with van der Waals surface area (Å²) in [5.74, 6) is 0.734. The van der Waals surface area contributed by atoms with Gasteiger partial charge in [0.2, 0.25) is 0 Å². The number of aryl methyl sites for hydroxylation is 1. The molecule has 5 heteroatoms. The standard InChI is InChI=1S/C17H25ClN2O2/c1-12-11-15(22-4)16(13(2)17(12)18)14(21)5-6-20-9-7-19(3)8-10-20/h11H,5-10H2,1-4H3. The molecular weight excluding hydrogens is 300 g/mol. The molecular formula is C17H25ClN2O2. The van der Waals surface area contributed by atoms with Crippen molar-refractivity contribution in [3.8, 4) is 5.75 Å². The van der Waals surface area contributed by atoms with Crippen molar-refractivity contribution in [2.75, 3.05) is 46.9 Å². The summed E-state index contributed by atoms with van der Waals surface area (Å²) in [6.07, 6.45) is 0.500. The molecule has 0 N–H and O–H groups in total. The number of piperazine rings is 1. The molecule has 0 bridgehead atoms. The fourth-order valence-electron chi connectivity index (χ4n) is 2.89. The molecule has 1 fully saturated rings. The van der Waals surface area contributed by atoms with E-state index >= 15 is 0 Å². The normalized spacial score (nSPS) is 16.8. The predicted molar refractivity (Wildman–Crippen MR) is 90.4 cm³/mol. The average molecular weight is 325 g/mol. The Morgan fingerprint density at radius 1 is 1.27 bits per heavy atom. The van der Waals surface area contributed by atoms with Crippen LogP contribution >= 0.6 is 11.6 Å². The zero-order valence-electron chi connectivity index (χ0n) is 13.9. The summed E-state index contributed by atoms with van der Waals surface area (Å²) in [5.41, 5.74) is 2.39. The second kappa shape index (κ2) is 7.44. The van der Waals surface area contributed by atoms with Gasteiger partial charge in [0.1, 0.15) is 5.75 Å². The van der Waals surface area contributed by atoms with Crippen molar-refractivity contribution in [1.29, 1.82) is 0 Å². The van der Waals surface area contributed by atoms with Crippen LogP contribution in [0.15, 0.2) is 6.07 Å². The molecule has 0 spiro atoms. The number of likely N-dealkylation sites (N-methyl/N-ethyl adjacent to an activating group) is 1. The summed E-state index contributed by atoms with van der Waals surface area (Å²) in [4.78, 5) is 17.3. The third-order valence-electron chi connectivity index (χ3n) is 4.39. The predicted octanol–water partition coefficient (Wildman–Crippen LogP) is 2.79. The van der Waals surface area contributed by atoms with Crippen LogP contribution in [-0.4, -0.2) is 62.5 Å². The van der Waals surface area contributed by atoms with E-state index in [1.807, 2.05) is 19.9 Å². The van der Waals surface area contributed by atoms with Crippen molar-refractivity contribution < 1.29 is 9.53 Å². The molecule has 1 aromatic rings. The second-order valence-corrected chi connectivity index (χ2v) is 6.41. The molecule has 0 amide bonds. The number of carbonyl (C=O) groups excluding carboxylic acids is 1. The van der Waals surface area contributed by atoms with Crippen molar-refractivity contribution in [1.82, 2.24) is 9.80 Å². The summed E-state index contributed by atoms with van der Waals surface area (Å²) in [6.45, 7) is 8.78. The fraction of sp³-hybridized carbons (Fsp3) is 0.588. The number of Topliss-reactive ketones (excluding diaryl/α,β-unsaturated/α-hetero) is 1. The number of ether oxygens (including phenoxy) is 1. The first-order chi connectivity index (χ1) is 10.4. The van der Waals surface area contributed by atoms with Crippen LogP contribution in [0.1, 0.15) is 27.9 Å². The van der Waals surface area contributed by atoms with E-state index in [0.29, 0.717) is 22.8 Å². The molecule has 0 radical (unpaired) electrons. The molecule has 0 aliphatic carbocycles. The topological polar surface area (TPSA) is 32.8 Å². The minimum Gasteiger partial charge on any atom is -0.496 e. The van der Waals surface area contributed by atoms with E-state index in [-0.39, 0.29) is 5.78 Å². The number of rotatable bonds is 5. The first-order valence-corrected chi connectivity index (χ1v) is 8.09. The van der Waals surface area contributed by atoms with E-state index in [1.54, 1.807) is 7.11 Å². The van der Waals surface area contributed by atoms with Crippen molar-refractivity contribution in [2.45, 2.75) is 20.3 Å². The Morgan fingerprint density at radius 2 is 1.91 bits per heavy atom. The molecule has 0 unspecified atom stereocenters. The molecule has 1 heterocycles. The van der Waals surface area contributed by atoms with Crippen molar-refractivity contribution in [3.05, 3.63) is 27.8 Å². The highest BCUT2D eigenvalue weighted by atomic mass is 35.5. The van der Waals surface area contributed by atoms with Gasteiger partial charge < -0.3 is 14.5 Å². The number of halogens is 1. The number of nitrogens with zero attached hydrogens (tertiary/aromatic N) is 2. The van der Waals surface area contributed by atoms with Crippen LogP contribution in [0.5, 0.6) is 5.75 Å². The van der Waals surface area contributed by atoms with Gasteiger partial charge in [-0.05, 0) is 38.1 Å². The highest BCUT2D eigenvalue weighted by Crippen LogP contribution is 2.32. The first kappa shape index (κ1) is 17.3. The SMILES string of the molecule is COc1cc(C)c(Cl)c(C)c1C(=O)CCN1CCN(C)CC1. The average Bonchev–Trinajstić information content (AvgIpc) is 2.51. The Kier molecular flexibility index (Phi) is 5.84. The quantitative estimate of drug-likeness (QED) is 0.780. The van der Waals surface area contributed by atoms with E-state index in [1.165, 1.54) is 0 Å². The maximum absolute atomic E-state index is 12.6. The Hall–Kier alpha value is -1.10. The van der Waals surface area contributed by atoms with Gasteiger partial charge in [0.25, 0.3) is 0 Å². The van der Waals surface area contributed by atoms with Crippen LogP contribution in [0.4, 0.5) is 0 Å². The molecule has 1 aromatic carbocycles. The lowest BCUT2D eigenvalue weighted by Gasteiger charge is -2.32. The summed E-state index contributed by atoms with van der Waals surface area (Å²) < 4.78 is 5.39. The molecule has 0 saturated carbocycles. The molecule has 1 aliphatic heterocycles. The molecule has 1 aliphatic rings. The molecule has 122 valence electrons. The zero-order chi connectivity index (χ0) is 16.3. The molecule has 22 heavy (non-hydrogen) atoms. The van der Waals surface area contributed by atoms with Crippen molar-refractivity contribution in [2.24, 2.45) is 0 Å². The van der Waals surface area contributed by atoms with Crippen LogP contribution in [-0.2, 0) is 0 Å². The Morgan fingerprint density at radius 3 is 2.50 bits per heavy atom. The lowest BCUT2D eigenvalue weighted by Crippen LogP contribution is -2.45. The van der Waals surface area contributed by atoms with Gasteiger partial charge >= 0.3 is 0 Å². The van der Waals surface area contributed by atoms with Gasteiger partial charge in [-0.3, -0.25) is 4.79 Å². The maximum atomic E-state index is 12.6. The van der Waals surface area contributed by atoms with Gasteiger partial charge in [-0.1, -0.05) is 11.6 Å². The fourth-order valence-corrected chi connectivity index (χ4v) is 3.04. The summed E-state index contributed by atoms with van der Waals surface area (Å²) in [5, 5.41) is 0.656. The molecule has 1 saturated heterocycles. The van der Waals surface area contributed by atoms with Crippen LogP contribution in [0.25, 0.3) is 0 Å². The highest BCUT2D eigenvalue weighted by Gasteiger charge is 2.21. The van der Waals surface area contributed by atoms with E-state index in [4.69, 9.17) is 16.3 Å². The van der Waals surface area contributed by atoms with E-state index in [9.17, 15) is 4.79 Å². The van der Waals surface area contributed by atoms with Gasteiger partial charge in [0.05, 0.1) is 12.7 Å². The minimum atomic E-state index is 0.107. The third kappa shape index (κ3) is 3.80. The highest BCUT2D eigenvalue weighted by molar-refractivity contribution is 6.32. The largest absolute Gasteiger partial charge is 0.496 e. The van der Waals surface area contributed by atoms with Crippen LogP contribution in [0, 0.1) is 13.8 Å². The molecule has 0 aromatic heterocycles. The van der Waals surface area contributed by atoms with Crippen LogP contribution in [0.3, 0.4) is 0 Å². The zero-order valence-corrected chi connectivity index (χ0v) is 14.7. The second-order valence-electron chi connectivity index (χ2n) is 6.03. The first-order valence-electron chi connectivity index (χ1n) is 7.71. The summed E-state index contributed by atoms with van der Waals surface area (Å²) in [6, 6.07) is 1.85. The van der Waals surface area contributed by atoms with Gasteiger partial charge in [0, 0.05) is 44.2 Å². The number of hydrogen-bond donors (Lipinski definition) is 0. The van der Waals surface area contributed by atoms with E-state index in [0.717, 1.165) is 43.9 Å². The third-order valence-corrected chi connectivity index (χ3v) is 4.98. The number of hydrogen-bond acceptors (Lipinski definition) is 4. The molecule has 2 rings (SSSR count). The smallest absolute Gasteiger partial charge is 0.168 e. The van der Waals surface area contributed by atoms with Crippen LogP contribution in [0.2, 0.25) is 5.02 Å². The van der Waals surface area contributed by atoms with Gasteiger partial charge in [0.15, 0.2) is 5.78 Å². The maximum Gasteiger partial charge on any atom is 0.168 e. The van der Waals surface area contributed by atoms with E-state index in [2.05, 4.69) is 16.8 Å². The Balaban J connectivity index is 2.08. The number of benzene rings is 1. The van der Waals surface area contributed by atoms with Crippen molar-refractivity contribution in [3.63, 3.8) is 0 Å². The van der Waals surface area contributed by atoms with E-state index < -0.39 is 0 Å². The lowest BCUT2D eigenvalue weighted by molar-refractivity contribution is 0.0938. The molecule has 0 atom stereocenters. The molecule has 4 nitrogen and oxygen atoms in total. The summed E-state index contributed by atoms with van der Waals surface area (Å²) in [7, 11) is 3.73. The van der Waals surface area contributed by atoms with Crippen LogP contribution < -0.4 is 4.74 Å². The minimum absolute atomic E-state index is 0.107. The van der Waals surface area contributed by atoms with Gasteiger partial charge in [-0.25, -0.2) is 0 Å². The van der Waals surface area contributed by atoms with Gasteiger partial charge in [-0.2, -0.15) is 0 Å².